The number of carbonyl (C=O) groups is 1. The van der Waals surface area contributed by atoms with Gasteiger partial charge in [0.15, 0.2) is 11.5 Å². The first-order valence-electron chi connectivity index (χ1n) is 9.55. The molecule has 152 valence electrons. The van der Waals surface area contributed by atoms with Crippen molar-refractivity contribution >= 4 is 17.2 Å². The van der Waals surface area contributed by atoms with E-state index in [1.165, 1.54) is 0 Å². The number of hydrogen-bond donors (Lipinski definition) is 0. The number of likely N-dealkylation sites (tertiary alicyclic amines) is 1. The minimum atomic E-state index is -0.0464. The molecule has 1 atom stereocenters. The van der Waals surface area contributed by atoms with E-state index in [1.807, 2.05) is 21.7 Å². The molecule has 0 bridgehead atoms. The van der Waals surface area contributed by atoms with Crippen molar-refractivity contribution in [2.24, 2.45) is 5.92 Å². The molecular formula is C21H23N3O4S. The van der Waals surface area contributed by atoms with E-state index in [0.717, 1.165) is 24.9 Å². The second-order valence-corrected chi connectivity index (χ2v) is 7.81. The third-order valence-electron chi connectivity index (χ3n) is 5.15. The normalized spacial score (nSPS) is 16.6. The van der Waals surface area contributed by atoms with Gasteiger partial charge in [0.25, 0.3) is 5.91 Å². The van der Waals surface area contributed by atoms with Crippen LogP contribution >= 0.6 is 11.3 Å². The molecule has 4 rings (SSSR count). The number of rotatable bonds is 6. The van der Waals surface area contributed by atoms with Gasteiger partial charge in [-0.2, -0.15) is 16.3 Å². The van der Waals surface area contributed by atoms with Crippen molar-refractivity contribution in [3.05, 3.63) is 46.5 Å². The van der Waals surface area contributed by atoms with Gasteiger partial charge in [-0.1, -0.05) is 11.2 Å². The number of amides is 1. The molecule has 0 saturated carbocycles. The number of aromatic nitrogens is 2. The minimum Gasteiger partial charge on any atom is -0.493 e. The van der Waals surface area contributed by atoms with Crippen molar-refractivity contribution in [1.29, 1.82) is 0 Å². The zero-order valence-electron chi connectivity index (χ0n) is 16.5. The molecule has 0 aliphatic carbocycles. The van der Waals surface area contributed by atoms with Crippen molar-refractivity contribution in [3.63, 3.8) is 0 Å². The minimum absolute atomic E-state index is 0.0464. The van der Waals surface area contributed by atoms with Crippen LogP contribution in [0.15, 0.2) is 39.5 Å². The summed E-state index contributed by atoms with van der Waals surface area (Å²) >= 11 is 1.60. The molecule has 3 heterocycles. The Morgan fingerprint density at radius 1 is 1.31 bits per heavy atom. The highest BCUT2D eigenvalue weighted by Crippen LogP contribution is 2.32. The topological polar surface area (TPSA) is 77.7 Å². The number of carbonyl (C=O) groups excluding carboxylic acids is 1. The summed E-state index contributed by atoms with van der Waals surface area (Å²) in [5.41, 5.74) is 1.49. The highest BCUT2D eigenvalue weighted by atomic mass is 32.1. The molecule has 1 aliphatic rings. The molecule has 1 aliphatic heterocycles. The molecule has 0 radical (unpaired) electrons. The van der Waals surface area contributed by atoms with Crippen LogP contribution in [0.4, 0.5) is 0 Å². The van der Waals surface area contributed by atoms with E-state index in [-0.39, 0.29) is 11.8 Å². The molecule has 1 aromatic carbocycles. The number of nitrogens with zero attached hydrogens (tertiary/aromatic N) is 3. The average Bonchev–Trinajstić information content (AvgIpc) is 3.44. The number of thiophene rings is 1. The molecule has 2 aromatic heterocycles. The van der Waals surface area contributed by atoms with Crippen LogP contribution in [0.25, 0.3) is 11.4 Å². The lowest BCUT2D eigenvalue weighted by atomic mass is 9.94. The van der Waals surface area contributed by atoms with Crippen LogP contribution < -0.4 is 9.47 Å². The molecule has 7 nitrogen and oxygen atoms in total. The van der Waals surface area contributed by atoms with Gasteiger partial charge in [0.2, 0.25) is 11.7 Å². The van der Waals surface area contributed by atoms with Crippen molar-refractivity contribution in [3.8, 4) is 22.9 Å². The predicted octanol–water partition coefficient (Wildman–Crippen LogP) is 3.91. The number of piperidine rings is 1. The largest absolute Gasteiger partial charge is 0.493 e. The first-order valence-corrected chi connectivity index (χ1v) is 10.5. The van der Waals surface area contributed by atoms with Crippen LogP contribution in [0.2, 0.25) is 0 Å². The van der Waals surface area contributed by atoms with Crippen molar-refractivity contribution in [2.75, 3.05) is 27.3 Å². The molecule has 29 heavy (non-hydrogen) atoms. The van der Waals surface area contributed by atoms with E-state index >= 15 is 0 Å². The second kappa shape index (κ2) is 8.65. The predicted molar refractivity (Wildman–Crippen MR) is 109 cm³/mol. The van der Waals surface area contributed by atoms with E-state index in [0.29, 0.717) is 41.7 Å². The molecular weight excluding hydrogens is 390 g/mol. The fraction of sp³-hybridized carbons (Fsp3) is 0.381. The Morgan fingerprint density at radius 3 is 2.97 bits per heavy atom. The Labute approximate surface area is 173 Å². The summed E-state index contributed by atoms with van der Waals surface area (Å²) in [7, 11) is 3.12. The Hall–Kier alpha value is -2.87. The molecule has 1 amide bonds. The van der Waals surface area contributed by atoms with Gasteiger partial charge < -0.3 is 18.9 Å². The number of methoxy groups -OCH3 is 2. The maximum Gasteiger partial charge on any atom is 0.257 e. The molecule has 1 saturated heterocycles. The maximum absolute atomic E-state index is 13.1. The Kier molecular flexibility index (Phi) is 5.80. The van der Waals surface area contributed by atoms with Crippen LogP contribution in [-0.2, 0) is 6.42 Å². The highest BCUT2D eigenvalue weighted by molar-refractivity contribution is 7.08. The van der Waals surface area contributed by atoms with E-state index in [1.54, 1.807) is 43.8 Å². The van der Waals surface area contributed by atoms with Gasteiger partial charge in [-0.15, -0.1) is 0 Å². The fourth-order valence-corrected chi connectivity index (χ4v) is 4.37. The molecule has 1 unspecified atom stereocenters. The zero-order chi connectivity index (χ0) is 20.2. The van der Waals surface area contributed by atoms with Gasteiger partial charge >= 0.3 is 0 Å². The first kappa shape index (κ1) is 19.4. The molecule has 8 heteroatoms. The SMILES string of the molecule is COc1cccc(C(=O)N2CCCC(Cc3nc(-c4ccsc4)no3)C2)c1OC. The third-order valence-corrected chi connectivity index (χ3v) is 5.83. The van der Waals surface area contributed by atoms with E-state index in [9.17, 15) is 4.79 Å². The summed E-state index contributed by atoms with van der Waals surface area (Å²) in [5.74, 6) is 2.49. The smallest absolute Gasteiger partial charge is 0.257 e. The number of ether oxygens (including phenoxy) is 2. The summed E-state index contributed by atoms with van der Waals surface area (Å²) in [6, 6.07) is 7.34. The summed E-state index contributed by atoms with van der Waals surface area (Å²) in [4.78, 5) is 19.5. The van der Waals surface area contributed by atoms with E-state index in [2.05, 4.69) is 10.1 Å². The third kappa shape index (κ3) is 4.12. The maximum atomic E-state index is 13.1. The molecule has 1 fully saturated rings. The Morgan fingerprint density at radius 2 is 2.21 bits per heavy atom. The average molecular weight is 413 g/mol. The lowest BCUT2D eigenvalue weighted by Gasteiger charge is -2.32. The molecule has 0 N–H and O–H groups in total. The quantitative estimate of drug-likeness (QED) is 0.610. The van der Waals surface area contributed by atoms with Gasteiger partial charge in [0.05, 0.1) is 19.8 Å². The van der Waals surface area contributed by atoms with Gasteiger partial charge in [-0.25, -0.2) is 0 Å². The van der Waals surface area contributed by atoms with E-state index in [4.69, 9.17) is 14.0 Å². The summed E-state index contributed by atoms with van der Waals surface area (Å²) in [6.07, 6.45) is 2.62. The fourth-order valence-electron chi connectivity index (χ4n) is 3.74. The van der Waals surface area contributed by atoms with Gasteiger partial charge in [0.1, 0.15) is 0 Å². The highest BCUT2D eigenvalue weighted by Gasteiger charge is 2.28. The second-order valence-electron chi connectivity index (χ2n) is 7.03. The zero-order valence-corrected chi connectivity index (χ0v) is 17.3. The first-order chi connectivity index (χ1) is 14.2. The van der Waals surface area contributed by atoms with Crippen LogP contribution in [0.5, 0.6) is 11.5 Å². The lowest BCUT2D eigenvalue weighted by molar-refractivity contribution is 0.0664. The summed E-state index contributed by atoms with van der Waals surface area (Å²) < 4.78 is 16.2. The van der Waals surface area contributed by atoms with E-state index < -0.39 is 0 Å². The molecule has 0 spiro atoms. The van der Waals surface area contributed by atoms with Gasteiger partial charge in [-0.3, -0.25) is 4.79 Å². The van der Waals surface area contributed by atoms with Crippen LogP contribution in [0.1, 0.15) is 29.1 Å². The number of para-hydroxylation sites is 1. The Balaban J connectivity index is 1.45. The monoisotopic (exact) mass is 413 g/mol. The number of benzene rings is 1. The van der Waals surface area contributed by atoms with Gasteiger partial charge in [-0.05, 0) is 42.3 Å². The van der Waals surface area contributed by atoms with Crippen molar-refractivity contribution in [2.45, 2.75) is 19.3 Å². The molecule has 3 aromatic rings. The standard InChI is InChI=1S/C21H23N3O4S/c1-26-17-7-3-6-16(19(17)27-2)21(25)24-9-4-5-14(12-24)11-18-22-20(23-28-18)15-8-10-29-13-15/h3,6-8,10,13-14H,4-5,9,11-12H2,1-2H3. The van der Waals surface area contributed by atoms with Crippen LogP contribution in [-0.4, -0.2) is 48.3 Å². The number of hydrogen-bond acceptors (Lipinski definition) is 7. The van der Waals surface area contributed by atoms with Crippen LogP contribution in [0.3, 0.4) is 0 Å². The summed E-state index contributed by atoms with van der Waals surface area (Å²) in [5, 5.41) is 8.06. The van der Waals surface area contributed by atoms with Crippen LogP contribution in [0, 0.1) is 5.92 Å². The van der Waals surface area contributed by atoms with Crippen molar-refractivity contribution < 1.29 is 18.8 Å². The summed E-state index contributed by atoms with van der Waals surface area (Å²) in [6.45, 7) is 1.37. The lowest BCUT2D eigenvalue weighted by Crippen LogP contribution is -2.40. The van der Waals surface area contributed by atoms with Crippen molar-refractivity contribution in [1.82, 2.24) is 15.0 Å². The Bertz CT molecular complexity index is 970. The van der Waals surface area contributed by atoms with Gasteiger partial charge in [0, 0.05) is 30.5 Å².